The maximum absolute atomic E-state index is 12.7. The van der Waals surface area contributed by atoms with E-state index < -0.39 is 0 Å². The molecule has 0 aliphatic carbocycles. The molecule has 5 N–H and O–H groups in total. The average Bonchev–Trinajstić information content (AvgIpc) is 3.13. The van der Waals surface area contributed by atoms with Crippen molar-refractivity contribution in [1.82, 2.24) is 31.0 Å². The molecule has 4 heterocycles. The van der Waals surface area contributed by atoms with Crippen molar-refractivity contribution in [3.63, 3.8) is 0 Å². The lowest BCUT2D eigenvalue weighted by atomic mass is 10.1. The Hall–Kier alpha value is -2.43. The molecule has 2 aromatic rings. The van der Waals surface area contributed by atoms with E-state index in [9.17, 15) is 4.79 Å². The maximum Gasteiger partial charge on any atom is 0.268 e. The minimum Gasteiger partial charge on any atom is -0.378 e. The summed E-state index contributed by atoms with van der Waals surface area (Å²) in [6, 6.07) is 1.99. The van der Waals surface area contributed by atoms with Gasteiger partial charge in [-0.05, 0) is 32.0 Å². The van der Waals surface area contributed by atoms with Crippen molar-refractivity contribution in [1.29, 1.82) is 0 Å². The number of ether oxygens (including phenoxy) is 1. The zero-order chi connectivity index (χ0) is 18.6. The van der Waals surface area contributed by atoms with Gasteiger partial charge in [0.25, 0.3) is 5.91 Å². The Morgan fingerprint density at radius 1 is 1.26 bits per heavy atom. The van der Waals surface area contributed by atoms with Gasteiger partial charge in [0, 0.05) is 26.2 Å². The van der Waals surface area contributed by atoms with Gasteiger partial charge in [-0.3, -0.25) is 10.2 Å². The highest BCUT2D eigenvalue weighted by Crippen LogP contribution is 2.26. The fourth-order valence-electron chi connectivity index (χ4n) is 3.52. The standard InChI is InChI=1S/C17H26N8O2/c1-18-24-17-22-12-10-13(16(26)20-11-2-4-19-5-3-11)21-14(12)15(23-17)25-6-8-27-9-7-25/h10-11,18-19,21H,2-9H2,1H3,(H,20,26)(H,22,23,24). The van der Waals surface area contributed by atoms with Crippen molar-refractivity contribution >= 4 is 28.7 Å². The van der Waals surface area contributed by atoms with Gasteiger partial charge in [-0.2, -0.15) is 4.98 Å². The third-order valence-corrected chi connectivity index (χ3v) is 4.93. The first-order valence-corrected chi connectivity index (χ1v) is 9.42. The van der Waals surface area contributed by atoms with Gasteiger partial charge < -0.3 is 25.3 Å². The van der Waals surface area contributed by atoms with Crippen molar-refractivity contribution in [2.24, 2.45) is 0 Å². The van der Waals surface area contributed by atoms with Crippen LogP contribution in [0.3, 0.4) is 0 Å². The molecule has 27 heavy (non-hydrogen) atoms. The van der Waals surface area contributed by atoms with Crippen LogP contribution in [0.15, 0.2) is 6.07 Å². The molecule has 0 atom stereocenters. The van der Waals surface area contributed by atoms with Gasteiger partial charge in [-0.25, -0.2) is 10.4 Å². The second-order valence-corrected chi connectivity index (χ2v) is 6.79. The lowest BCUT2D eigenvalue weighted by Gasteiger charge is -2.28. The van der Waals surface area contributed by atoms with Crippen molar-refractivity contribution in [3.8, 4) is 0 Å². The number of hydrazine groups is 1. The Bertz CT molecular complexity index is 796. The molecule has 0 radical (unpaired) electrons. The molecule has 0 bridgehead atoms. The van der Waals surface area contributed by atoms with Crippen LogP contribution in [0.5, 0.6) is 0 Å². The van der Waals surface area contributed by atoms with Crippen LogP contribution in [0.2, 0.25) is 0 Å². The van der Waals surface area contributed by atoms with Crippen molar-refractivity contribution in [2.45, 2.75) is 18.9 Å². The topological polar surface area (TPSA) is 119 Å². The molecule has 2 aliphatic rings. The normalized spacial score (nSPS) is 18.6. The van der Waals surface area contributed by atoms with Gasteiger partial charge in [-0.1, -0.05) is 0 Å². The fraction of sp³-hybridized carbons (Fsp3) is 0.588. The third kappa shape index (κ3) is 3.97. The number of anilines is 2. The van der Waals surface area contributed by atoms with Gasteiger partial charge in [0.2, 0.25) is 5.95 Å². The van der Waals surface area contributed by atoms with E-state index in [1.54, 1.807) is 13.1 Å². The summed E-state index contributed by atoms with van der Waals surface area (Å²) in [6.45, 7) is 4.68. The number of aromatic amines is 1. The van der Waals surface area contributed by atoms with Crippen LogP contribution in [0.25, 0.3) is 11.0 Å². The lowest BCUT2D eigenvalue weighted by molar-refractivity contribution is 0.0925. The summed E-state index contributed by atoms with van der Waals surface area (Å²) in [5, 5.41) is 6.42. The molecule has 4 rings (SSSR count). The van der Waals surface area contributed by atoms with Gasteiger partial charge in [0.15, 0.2) is 5.82 Å². The second kappa shape index (κ2) is 8.07. The number of hydrogen-bond donors (Lipinski definition) is 5. The molecule has 0 spiro atoms. The van der Waals surface area contributed by atoms with Gasteiger partial charge >= 0.3 is 0 Å². The number of fused-ring (bicyclic) bond motifs is 1. The van der Waals surface area contributed by atoms with Gasteiger partial charge in [-0.15, -0.1) is 0 Å². The number of amides is 1. The minimum atomic E-state index is -0.101. The molecular formula is C17H26N8O2. The Labute approximate surface area is 157 Å². The summed E-state index contributed by atoms with van der Waals surface area (Å²) in [5.41, 5.74) is 7.77. The molecule has 2 fully saturated rings. The Morgan fingerprint density at radius 3 is 2.78 bits per heavy atom. The van der Waals surface area contributed by atoms with Gasteiger partial charge in [0.1, 0.15) is 11.2 Å². The number of piperidine rings is 1. The molecule has 2 aromatic heterocycles. The summed E-state index contributed by atoms with van der Waals surface area (Å²) >= 11 is 0. The number of nitrogens with one attached hydrogen (secondary N) is 5. The number of hydrogen-bond acceptors (Lipinski definition) is 8. The van der Waals surface area contributed by atoms with Crippen molar-refractivity contribution in [3.05, 3.63) is 11.8 Å². The van der Waals surface area contributed by atoms with Crippen LogP contribution in [0, 0.1) is 0 Å². The predicted octanol–water partition coefficient (Wildman–Crippen LogP) is -0.177. The first-order chi connectivity index (χ1) is 13.2. The number of H-pyrrole nitrogens is 1. The number of rotatable bonds is 5. The number of carbonyl (C=O) groups is 1. The maximum atomic E-state index is 12.7. The summed E-state index contributed by atoms with van der Waals surface area (Å²) < 4.78 is 5.45. The molecule has 1 amide bonds. The molecule has 2 saturated heterocycles. The van der Waals surface area contributed by atoms with Crippen LogP contribution < -0.4 is 26.4 Å². The minimum absolute atomic E-state index is 0.101. The molecule has 0 saturated carbocycles. The van der Waals surface area contributed by atoms with Crippen LogP contribution >= 0.6 is 0 Å². The highest BCUT2D eigenvalue weighted by atomic mass is 16.5. The van der Waals surface area contributed by atoms with E-state index in [-0.39, 0.29) is 11.9 Å². The quantitative estimate of drug-likeness (QED) is 0.458. The lowest BCUT2D eigenvalue weighted by Crippen LogP contribution is -2.42. The zero-order valence-electron chi connectivity index (χ0n) is 15.5. The summed E-state index contributed by atoms with van der Waals surface area (Å²) in [5.74, 6) is 1.15. The van der Waals surface area contributed by atoms with E-state index in [4.69, 9.17) is 4.74 Å². The Balaban J connectivity index is 1.63. The third-order valence-electron chi connectivity index (χ3n) is 4.93. The number of nitrogens with zero attached hydrogens (tertiary/aromatic N) is 3. The van der Waals surface area contributed by atoms with E-state index in [0.29, 0.717) is 30.4 Å². The summed E-state index contributed by atoms with van der Waals surface area (Å²) in [6.07, 6.45) is 1.89. The SMILES string of the molecule is CNNc1nc(N2CCOCC2)c2[nH]c(C(=O)NC3CCNCC3)cc2n1. The fourth-order valence-corrected chi connectivity index (χ4v) is 3.52. The highest BCUT2D eigenvalue weighted by molar-refractivity contribution is 5.99. The van der Waals surface area contributed by atoms with E-state index in [0.717, 1.165) is 50.4 Å². The Kier molecular flexibility index (Phi) is 5.37. The molecule has 10 nitrogen and oxygen atoms in total. The number of carbonyl (C=O) groups excluding carboxylic acids is 1. The molecule has 146 valence electrons. The molecular weight excluding hydrogens is 348 g/mol. The molecule has 0 aromatic carbocycles. The van der Waals surface area contributed by atoms with E-state index >= 15 is 0 Å². The van der Waals surface area contributed by atoms with Crippen molar-refractivity contribution in [2.75, 3.05) is 56.8 Å². The van der Waals surface area contributed by atoms with E-state index in [2.05, 4.69) is 41.3 Å². The average molecular weight is 374 g/mol. The summed E-state index contributed by atoms with van der Waals surface area (Å²) in [4.78, 5) is 27.2. The largest absolute Gasteiger partial charge is 0.378 e. The van der Waals surface area contributed by atoms with Crippen molar-refractivity contribution < 1.29 is 9.53 Å². The molecule has 0 unspecified atom stereocenters. The predicted molar refractivity (Wildman–Crippen MR) is 103 cm³/mol. The number of aromatic nitrogens is 3. The van der Waals surface area contributed by atoms with Crippen LogP contribution in [0.4, 0.5) is 11.8 Å². The molecule has 10 heteroatoms. The van der Waals surface area contributed by atoms with Gasteiger partial charge in [0.05, 0.1) is 18.7 Å². The smallest absolute Gasteiger partial charge is 0.268 e. The van der Waals surface area contributed by atoms with Crippen LogP contribution in [-0.2, 0) is 4.74 Å². The van der Waals surface area contributed by atoms with E-state index in [1.165, 1.54) is 0 Å². The van der Waals surface area contributed by atoms with Crippen LogP contribution in [0.1, 0.15) is 23.3 Å². The number of morpholine rings is 1. The monoisotopic (exact) mass is 374 g/mol. The van der Waals surface area contributed by atoms with E-state index in [1.807, 2.05) is 0 Å². The Morgan fingerprint density at radius 2 is 2.04 bits per heavy atom. The van der Waals surface area contributed by atoms with Crippen LogP contribution in [-0.4, -0.2) is 73.3 Å². The molecule has 2 aliphatic heterocycles. The summed E-state index contributed by atoms with van der Waals surface area (Å²) in [7, 11) is 1.76. The highest BCUT2D eigenvalue weighted by Gasteiger charge is 2.22. The first-order valence-electron chi connectivity index (χ1n) is 9.42. The second-order valence-electron chi connectivity index (χ2n) is 6.79. The zero-order valence-corrected chi connectivity index (χ0v) is 15.5. The first kappa shape index (κ1) is 18.0.